The van der Waals surface area contributed by atoms with Gasteiger partial charge in [0.1, 0.15) is 24.0 Å². The van der Waals surface area contributed by atoms with Crippen molar-refractivity contribution in [2.45, 2.75) is 13.0 Å². The van der Waals surface area contributed by atoms with E-state index in [0.717, 1.165) is 24.7 Å². The van der Waals surface area contributed by atoms with Crippen LogP contribution in [0.5, 0.6) is 5.75 Å². The highest BCUT2D eigenvalue weighted by atomic mass is 16.5. The van der Waals surface area contributed by atoms with Crippen LogP contribution in [0.4, 0.5) is 11.8 Å². The lowest BCUT2D eigenvalue weighted by molar-refractivity contribution is 0.167. The third kappa shape index (κ3) is 2.20. The van der Waals surface area contributed by atoms with Gasteiger partial charge in [-0.05, 0) is 24.6 Å². The predicted octanol–water partition coefficient (Wildman–Crippen LogP) is 1.28. The summed E-state index contributed by atoms with van der Waals surface area (Å²) in [6.45, 7) is 3.62. The molecule has 1 fully saturated rings. The molecule has 0 aliphatic carbocycles. The van der Waals surface area contributed by atoms with Gasteiger partial charge in [-0.15, -0.1) is 10.2 Å². The van der Waals surface area contributed by atoms with Crippen molar-refractivity contribution in [1.29, 1.82) is 0 Å². The monoisotopic (exact) mass is 296 g/mol. The van der Waals surface area contributed by atoms with Gasteiger partial charge in [-0.1, -0.05) is 12.1 Å². The van der Waals surface area contributed by atoms with Crippen LogP contribution in [0.15, 0.2) is 36.7 Å². The maximum atomic E-state index is 5.95. The molecule has 2 aromatic heterocycles. The van der Waals surface area contributed by atoms with Crippen molar-refractivity contribution in [3.63, 3.8) is 0 Å². The van der Waals surface area contributed by atoms with Crippen LogP contribution in [0.25, 0.3) is 5.65 Å². The lowest BCUT2D eigenvalue weighted by Gasteiger charge is -2.39. The zero-order chi connectivity index (χ0) is 15.1. The van der Waals surface area contributed by atoms with Gasteiger partial charge in [0.15, 0.2) is 5.65 Å². The SMILES string of the molecule is Cc1cccc(OC2CN(c3cc4nncn4c(N)n3)C2)c1. The highest BCUT2D eigenvalue weighted by Crippen LogP contribution is 2.24. The Morgan fingerprint density at radius 3 is 2.95 bits per heavy atom. The summed E-state index contributed by atoms with van der Waals surface area (Å²) in [6, 6.07) is 9.96. The van der Waals surface area contributed by atoms with E-state index in [2.05, 4.69) is 33.1 Å². The number of hydrogen-bond donors (Lipinski definition) is 1. The molecule has 7 heteroatoms. The average Bonchev–Trinajstić information content (AvgIpc) is 2.91. The number of hydrogen-bond acceptors (Lipinski definition) is 6. The Kier molecular flexibility index (Phi) is 2.85. The molecule has 1 saturated heterocycles. The van der Waals surface area contributed by atoms with E-state index >= 15 is 0 Å². The van der Waals surface area contributed by atoms with Gasteiger partial charge in [-0.3, -0.25) is 4.40 Å². The fraction of sp³-hybridized carbons (Fsp3) is 0.267. The van der Waals surface area contributed by atoms with Crippen LogP contribution in [0.2, 0.25) is 0 Å². The minimum Gasteiger partial charge on any atom is -0.487 e. The molecule has 1 aliphatic heterocycles. The van der Waals surface area contributed by atoms with Crippen LogP contribution in [-0.2, 0) is 0 Å². The molecular formula is C15H16N6O. The van der Waals surface area contributed by atoms with Gasteiger partial charge in [0, 0.05) is 6.07 Å². The highest BCUT2D eigenvalue weighted by molar-refractivity contribution is 5.56. The van der Waals surface area contributed by atoms with Gasteiger partial charge >= 0.3 is 0 Å². The number of aromatic nitrogens is 4. The first-order valence-corrected chi connectivity index (χ1v) is 7.13. The first-order valence-electron chi connectivity index (χ1n) is 7.13. The zero-order valence-corrected chi connectivity index (χ0v) is 12.2. The first kappa shape index (κ1) is 12.9. The Balaban J connectivity index is 1.46. The molecule has 2 N–H and O–H groups in total. The average molecular weight is 296 g/mol. The van der Waals surface area contributed by atoms with Gasteiger partial charge in [0.25, 0.3) is 0 Å². The van der Waals surface area contributed by atoms with Crippen molar-refractivity contribution in [1.82, 2.24) is 19.6 Å². The Hall–Kier alpha value is -2.83. The van der Waals surface area contributed by atoms with E-state index < -0.39 is 0 Å². The van der Waals surface area contributed by atoms with Gasteiger partial charge < -0.3 is 15.4 Å². The Labute approximate surface area is 127 Å². The fourth-order valence-electron chi connectivity index (χ4n) is 2.58. The molecular weight excluding hydrogens is 280 g/mol. The zero-order valence-electron chi connectivity index (χ0n) is 12.2. The lowest BCUT2D eigenvalue weighted by atomic mass is 10.1. The van der Waals surface area contributed by atoms with E-state index in [1.54, 1.807) is 10.7 Å². The molecule has 3 heterocycles. The number of nitrogens with two attached hydrogens (primary N) is 1. The van der Waals surface area contributed by atoms with Gasteiger partial charge in [0.2, 0.25) is 5.95 Å². The summed E-state index contributed by atoms with van der Waals surface area (Å²) >= 11 is 0. The van der Waals surface area contributed by atoms with Crippen molar-refractivity contribution in [2.75, 3.05) is 23.7 Å². The normalized spacial score (nSPS) is 15.0. The molecule has 4 rings (SSSR count). The molecule has 3 aromatic rings. The third-order valence-corrected chi connectivity index (χ3v) is 3.77. The molecule has 1 aromatic carbocycles. The van der Waals surface area contributed by atoms with Crippen molar-refractivity contribution < 1.29 is 4.74 Å². The second-order valence-corrected chi connectivity index (χ2v) is 5.49. The number of nitrogens with zero attached hydrogens (tertiary/aromatic N) is 5. The van der Waals surface area contributed by atoms with E-state index in [-0.39, 0.29) is 6.10 Å². The molecule has 7 nitrogen and oxygen atoms in total. The summed E-state index contributed by atoms with van der Waals surface area (Å²) in [7, 11) is 0. The van der Waals surface area contributed by atoms with Crippen LogP contribution in [0.3, 0.4) is 0 Å². The standard InChI is InChI=1S/C15H16N6O/c1-10-3-2-4-11(5-10)22-12-7-20(8-12)13-6-14-19-17-9-21(14)15(16)18-13/h2-6,9,12H,7-8H2,1H3,(H2,16,18). The molecule has 0 radical (unpaired) electrons. The minimum atomic E-state index is 0.166. The molecule has 22 heavy (non-hydrogen) atoms. The van der Waals surface area contributed by atoms with E-state index in [1.165, 1.54) is 5.56 Å². The molecule has 0 unspecified atom stereocenters. The van der Waals surface area contributed by atoms with Crippen molar-refractivity contribution in [3.05, 3.63) is 42.2 Å². The second kappa shape index (κ2) is 4.87. The van der Waals surface area contributed by atoms with E-state index in [0.29, 0.717) is 11.6 Å². The summed E-state index contributed by atoms with van der Waals surface area (Å²) in [5.74, 6) is 2.10. The van der Waals surface area contributed by atoms with Crippen molar-refractivity contribution in [3.8, 4) is 5.75 Å². The van der Waals surface area contributed by atoms with Crippen LogP contribution in [0.1, 0.15) is 5.56 Å². The number of aryl methyl sites for hydroxylation is 1. The molecule has 0 spiro atoms. The number of fused-ring (bicyclic) bond motifs is 1. The second-order valence-electron chi connectivity index (χ2n) is 5.49. The molecule has 112 valence electrons. The van der Waals surface area contributed by atoms with Gasteiger partial charge in [-0.25, -0.2) is 0 Å². The Morgan fingerprint density at radius 2 is 2.14 bits per heavy atom. The highest BCUT2D eigenvalue weighted by Gasteiger charge is 2.30. The third-order valence-electron chi connectivity index (χ3n) is 3.77. The summed E-state index contributed by atoms with van der Waals surface area (Å²) in [4.78, 5) is 6.50. The smallest absolute Gasteiger partial charge is 0.209 e. The summed E-state index contributed by atoms with van der Waals surface area (Å²) < 4.78 is 7.61. The first-order chi connectivity index (χ1) is 10.7. The lowest BCUT2D eigenvalue weighted by Crippen LogP contribution is -2.54. The van der Waals surface area contributed by atoms with E-state index in [4.69, 9.17) is 10.5 Å². The quantitative estimate of drug-likeness (QED) is 0.784. The minimum absolute atomic E-state index is 0.166. The van der Waals surface area contributed by atoms with E-state index in [9.17, 15) is 0 Å². The number of nitrogen functional groups attached to an aromatic ring is 1. The predicted molar refractivity (Wildman–Crippen MR) is 83.0 cm³/mol. The summed E-state index contributed by atoms with van der Waals surface area (Å²) in [6.07, 6.45) is 1.72. The van der Waals surface area contributed by atoms with Crippen LogP contribution >= 0.6 is 0 Å². The van der Waals surface area contributed by atoms with Crippen LogP contribution in [0, 0.1) is 6.92 Å². The summed E-state index contributed by atoms with van der Waals surface area (Å²) in [5.41, 5.74) is 7.80. The number of anilines is 2. The maximum absolute atomic E-state index is 5.95. The maximum Gasteiger partial charge on any atom is 0.209 e. The van der Waals surface area contributed by atoms with Gasteiger partial charge in [-0.2, -0.15) is 4.98 Å². The molecule has 0 bridgehead atoms. The van der Waals surface area contributed by atoms with Crippen LogP contribution in [-0.4, -0.2) is 38.8 Å². The molecule has 0 atom stereocenters. The van der Waals surface area contributed by atoms with E-state index in [1.807, 2.05) is 24.3 Å². The Morgan fingerprint density at radius 1 is 1.27 bits per heavy atom. The molecule has 1 aliphatic rings. The van der Waals surface area contributed by atoms with Gasteiger partial charge in [0.05, 0.1) is 13.1 Å². The number of rotatable bonds is 3. The molecule has 0 saturated carbocycles. The van der Waals surface area contributed by atoms with Crippen molar-refractivity contribution >= 4 is 17.4 Å². The molecule has 0 amide bonds. The summed E-state index contributed by atoms with van der Waals surface area (Å²) in [5, 5.41) is 7.85. The Bertz CT molecular complexity index is 824. The van der Waals surface area contributed by atoms with Crippen LogP contribution < -0.4 is 15.4 Å². The largest absolute Gasteiger partial charge is 0.487 e. The number of benzene rings is 1. The topological polar surface area (TPSA) is 81.6 Å². The van der Waals surface area contributed by atoms with Crippen molar-refractivity contribution in [2.24, 2.45) is 0 Å². The number of ether oxygens (including phenoxy) is 1. The fourth-order valence-corrected chi connectivity index (χ4v) is 2.58.